The predicted octanol–water partition coefficient (Wildman–Crippen LogP) is 1.84. The van der Waals surface area contributed by atoms with Gasteiger partial charge in [-0.3, -0.25) is 0 Å². The van der Waals surface area contributed by atoms with Gasteiger partial charge < -0.3 is 54.2 Å². The first-order chi connectivity index (χ1) is 17.1. The first kappa shape index (κ1) is 45.6. The summed E-state index contributed by atoms with van der Waals surface area (Å²) >= 11 is 0. The van der Waals surface area contributed by atoms with Gasteiger partial charge in [-0.2, -0.15) is 0 Å². The van der Waals surface area contributed by atoms with E-state index < -0.39 is 0 Å². The Kier molecular flexibility index (Phi) is 32.4. The van der Waals surface area contributed by atoms with Crippen LogP contribution < -0.4 is 28.7 Å². The van der Waals surface area contributed by atoms with Crippen LogP contribution >= 0.6 is 0 Å². The van der Waals surface area contributed by atoms with Crippen LogP contribution in [0.2, 0.25) is 0 Å². The van der Waals surface area contributed by atoms with Crippen LogP contribution in [0.4, 0.5) is 0 Å². The van der Waals surface area contributed by atoms with Crippen LogP contribution in [0.3, 0.4) is 0 Å². The molecule has 0 bridgehead atoms. The zero-order valence-electron chi connectivity index (χ0n) is 22.6. The lowest BCUT2D eigenvalue weighted by Gasteiger charge is -2.04. The van der Waals surface area contributed by atoms with Crippen molar-refractivity contribution in [1.29, 1.82) is 0 Å². The Morgan fingerprint density at radius 2 is 0.564 bits per heavy atom. The Hall–Kier alpha value is -0.400. The highest BCUT2D eigenvalue weighted by atomic mass is 16.3. The van der Waals surface area contributed by atoms with E-state index in [1.807, 2.05) is 0 Å². The largest absolute Gasteiger partial charge is 0.400 e. The van der Waals surface area contributed by atoms with Gasteiger partial charge in [0.25, 0.3) is 0 Å². The van der Waals surface area contributed by atoms with Gasteiger partial charge in [0.15, 0.2) is 0 Å². The van der Waals surface area contributed by atoms with E-state index >= 15 is 0 Å². The second-order valence-corrected chi connectivity index (χ2v) is 10.7. The van der Waals surface area contributed by atoms with Gasteiger partial charge in [-0.1, -0.05) is 35.1 Å². The minimum absolute atomic E-state index is 0. The monoisotopic (exact) mass is 570 g/mol. The van der Waals surface area contributed by atoms with E-state index in [4.69, 9.17) is 54.2 Å². The van der Waals surface area contributed by atoms with Crippen LogP contribution in [0.15, 0.2) is 0 Å². The fourth-order valence-electron chi connectivity index (χ4n) is 4.83. The molecular formula is C29H71N5O5. The molecule has 0 spiro atoms. The number of rotatable bonds is 0. The predicted molar refractivity (Wildman–Crippen MR) is 166 cm³/mol. The van der Waals surface area contributed by atoms with E-state index in [0.717, 1.165) is 84.2 Å². The number of hydrogen-bond acceptors (Lipinski definition) is 10. The molecule has 15 N–H and O–H groups in total. The molecule has 5 fully saturated rings. The average Bonchev–Trinajstić information content (AvgIpc) is 3.70. The number of nitrogens with two attached hydrogens (primary N) is 5. The summed E-state index contributed by atoms with van der Waals surface area (Å²) in [7, 11) is 1.00. The highest BCUT2D eigenvalue weighted by Crippen LogP contribution is 2.18. The highest BCUT2D eigenvalue weighted by Gasteiger charge is 2.22. The molecule has 5 aliphatic carbocycles. The number of hydrogen-bond donors (Lipinski definition) is 10. The van der Waals surface area contributed by atoms with Gasteiger partial charge in [-0.15, -0.1) is 0 Å². The lowest BCUT2D eigenvalue weighted by Crippen LogP contribution is -2.28. The van der Waals surface area contributed by atoms with E-state index in [0.29, 0.717) is 6.04 Å². The third-order valence-corrected chi connectivity index (χ3v) is 7.53. The molecule has 39 heavy (non-hydrogen) atoms. The van der Waals surface area contributed by atoms with E-state index in [9.17, 15) is 0 Å². The van der Waals surface area contributed by atoms with Gasteiger partial charge in [0.2, 0.25) is 0 Å². The standard InChI is InChI=1S/4C5H11NO.C5H11N.CH4O.3CH4/c4*6-4-2-1-3-5(4)7;6-5-3-1-2-4-5;1-2;;;/h4*4-5,7H,1-3,6H2;5H,1-4,6H2;2H,1H3;3*1H4/t2*4-,5+;2*4-,5-;;;;;/m1010...../s1. The SMILES string of the molecule is C.C.C.CO.NC1CCCC1.N[C@@H]1CCC[C@@H]1O.N[C@@H]1CCC[C@H]1O.N[C@H]1CCC[C@@H]1O.N[C@H]1CCC[C@H]1O. The maximum atomic E-state index is 8.87. The smallest absolute Gasteiger partial charge is 0.0691 e. The maximum absolute atomic E-state index is 8.87. The van der Waals surface area contributed by atoms with Gasteiger partial charge in [-0.05, 0) is 89.9 Å². The molecule has 0 aromatic carbocycles. The van der Waals surface area contributed by atoms with E-state index in [2.05, 4.69) is 0 Å². The van der Waals surface area contributed by atoms with Crippen LogP contribution in [0.25, 0.3) is 0 Å². The van der Waals surface area contributed by atoms with Crippen molar-refractivity contribution in [3.05, 3.63) is 0 Å². The molecule has 0 saturated heterocycles. The molecule has 0 heterocycles. The number of aliphatic hydroxyl groups excluding tert-OH is 5. The summed E-state index contributed by atoms with van der Waals surface area (Å²) in [6.07, 6.45) is 16.4. The Bertz CT molecular complexity index is 399. The molecule has 0 radical (unpaired) electrons. The minimum Gasteiger partial charge on any atom is -0.400 e. The molecule has 0 unspecified atom stereocenters. The van der Waals surface area contributed by atoms with Crippen molar-refractivity contribution in [3.63, 3.8) is 0 Å². The van der Waals surface area contributed by atoms with Crippen molar-refractivity contribution in [2.75, 3.05) is 7.11 Å². The molecule has 0 aromatic rings. The summed E-state index contributed by atoms with van der Waals surface area (Å²) in [4.78, 5) is 0. The van der Waals surface area contributed by atoms with Crippen molar-refractivity contribution in [3.8, 4) is 0 Å². The quantitative estimate of drug-likeness (QED) is 0.203. The molecule has 5 aliphatic rings. The van der Waals surface area contributed by atoms with Gasteiger partial charge in [0.1, 0.15) is 0 Å². The third kappa shape index (κ3) is 21.9. The van der Waals surface area contributed by atoms with Crippen molar-refractivity contribution in [2.24, 2.45) is 28.7 Å². The van der Waals surface area contributed by atoms with Gasteiger partial charge in [0, 0.05) is 37.3 Å². The lowest BCUT2D eigenvalue weighted by molar-refractivity contribution is 0.165. The first-order valence-electron chi connectivity index (χ1n) is 14.1. The Labute approximate surface area is 241 Å². The fraction of sp³-hybridized carbons (Fsp3) is 1.00. The van der Waals surface area contributed by atoms with Gasteiger partial charge in [-0.25, -0.2) is 0 Å². The normalized spacial score (nSPS) is 34.2. The summed E-state index contributed by atoms with van der Waals surface area (Å²) in [6.45, 7) is 0. The van der Waals surface area contributed by atoms with Gasteiger partial charge >= 0.3 is 0 Å². The summed E-state index contributed by atoms with van der Waals surface area (Å²) < 4.78 is 0. The minimum atomic E-state index is -0.208. The summed E-state index contributed by atoms with van der Waals surface area (Å²) in [5.74, 6) is 0. The van der Waals surface area contributed by atoms with Crippen LogP contribution in [0.1, 0.15) is 125 Å². The first-order valence-corrected chi connectivity index (χ1v) is 14.1. The van der Waals surface area contributed by atoms with Crippen LogP contribution in [0, 0.1) is 0 Å². The Balaban J connectivity index is -0.000000190. The lowest BCUT2D eigenvalue weighted by atomic mass is 10.2. The van der Waals surface area contributed by atoms with Crippen molar-refractivity contribution in [1.82, 2.24) is 0 Å². The van der Waals surface area contributed by atoms with Crippen molar-refractivity contribution < 1.29 is 25.5 Å². The molecule has 242 valence electrons. The molecule has 5 saturated carbocycles. The molecule has 10 heteroatoms. The van der Waals surface area contributed by atoms with Crippen LogP contribution in [-0.4, -0.2) is 87.3 Å². The third-order valence-electron chi connectivity index (χ3n) is 7.53. The summed E-state index contributed by atoms with van der Waals surface area (Å²) in [5.41, 5.74) is 27.2. The second kappa shape index (κ2) is 27.8. The molecule has 8 atom stereocenters. The van der Waals surface area contributed by atoms with E-state index in [1.54, 1.807) is 0 Å². The molecule has 0 aliphatic heterocycles. The van der Waals surface area contributed by atoms with Gasteiger partial charge in [0.05, 0.1) is 24.4 Å². The Morgan fingerprint density at radius 1 is 0.359 bits per heavy atom. The second-order valence-electron chi connectivity index (χ2n) is 10.7. The van der Waals surface area contributed by atoms with Crippen molar-refractivity contribution >= 4 is 0 Å². The van der Waals surface area contributed by atoms with Crippen LogP contribution in [0.5, 0.6) is 0 Å². The van der Waals surface area contributed by atoms with Crippen molar-refractivity contribution in [2.45, 2.75) is 180 Å². The molecular weight excluding hydrogens is 498 g/mol. The zero-order chi connectivity index (χ0) is 27.5. The zero-order valence-corrected chi connectivity index (χ0v) is 22.6. The summed E-state index contributed by atoms with van der Waals surface area (Å²) in [5, 5.41) is 42.5. The molecule has 0 amide bonds. The topological polar surface area (TPSA) is 231 Å². The highest BCUT2D eigenvalue weighted by molar-refractivity contribution is 4.80. The van der Waals surface area contributed by atoms with Crippen LogP contribution in [-0.2, 0) is 0 Å². The summed E-state index contributed by atoms with van der Waals surface area (Å²) in [6, 6.07) is 0.824. The average molecular weight is 570 g/mol. The molecule has 5 rings (SSSR count). The number of aliphatic hydroxyl groups is 5. The fourth-order valence-corrected chi connectivity index (χ4v) is 4.83. The van der Waals surface area contributed by atoms with E-state index in [1.165, 1.54) is 25.7 Å². The van der Waals surface area contributed by atoms with E-state index in [-0.39, 0.29) is 70.9 Å². The molecule has 10 nitrogen and oxygen atoms in total. The Morgan fingerprint density at radius 3 is 0.615 bits per heavy atom. The molecule has 0 aromatic heterocycles. The maximum Gasteiger partial charge on any atom is 0.0691 e.